The van der Waals surface area contributed by atoms with Crippen LogP contribution in [0.2, 0.25) is 0 Å². The van der Waals surface area contributed by atoms with E-state index in [1.54, 1.807) is 4.57 Å². The topological polar surface area (TPSA) is 101 Å². The summed E-state index contributed by atoms with van der Waals surface area (Å²) in [5, 5.41) is 11.8. The Kier molecular flexibility index (Phi) is 7.66. The number of carbonyl (C=O) groups excluding carboxylic acids is 2. The van der Waals surface area contributed by atoms with E-state index in [9.17, 15) is 18.4 Å². The molecule has 0 spiro atoms. The Balaban J connectivity index is 1.53. The van der Waals surface area contributed by atoms with Crippen LogP contribution in [-0.2, 0) is 16.1 Å². The van der Waals surface area contributed by atoms with E-state index < -0.39 is 17.5 Å². The number of amides is 2. The van der Waals surface area contributed by atoms with Gasteiger partial charge in [0.05, 0.1) is 13.2 Å². The number of carbonyl (C=O) groups is 2. The van der Waals surface area contributed by atoms with E-state index in [1.165, 1.54) is 6.07 Å². The fourth-order valence-corrected chi connectivity index (χ4v) is 3.10. The third-order valence-electron chi connectivity index (χ3n) is 4.39. The van der Waals surface area contributed by atoms with Gasteiger partial charge < -0.3 is 15.4 Å². The molecule has 8 nitrogen and oxygen atoms in total. The Morgan fingerprint density at radius 1 is 1.12 bits per heavy atom. The van der Waals surface area contributed by atoms with Crippen molar-refractivity contribution in [2.45, 2.75) is 19.9 Å². The molecule has 1 aromatic heterocycles. The number of aromatic nitrogens is 3. The highest BCUT2D eigenvalue weighted by Crippen LogP contribution is 2.21. The van der Waals surface area contributed by atoms with Gasteiger partial charge in [-0.3, -0.25) is 19.3 Å². The zero-order chi connectivity index (χ0) is 23.1. The maximum absolute atomic E-state index is 13.2. The summed E-state index contributed by atoms with van der Waals surface area (Å²) in [6.45, 7) is 2.39. The van der Waals surface area contributed by atoms with Crippen LogP contribution in [-0.4, -0.2) is 39.7 Å². The van der Waals surface area contributed by atoms with E-state index in [0.29, 0.717) is 17.2 Å². The van der Waals surface area contributed by atoms with Crippen molar-refractivity contribution in [2.24, 2.45) is 0 Å². The molecular formula is C21H21F2N5O3S. The molecule has 0 saturated carbocycles. The van der Waals surface area contributed by atoms with Gasteiger partial charge in [-0.25, -0.2) is 8.78 Å². The standard InChI is InChI=1S/C21H21F2N5O3S/c1-2-31-15-6-3-13(4-7-15)20-26-27-21(32)28(20)10-9-18(29)24-12-19(30)25-14-5-8-16(22)17(23)11-14/h3-8,11H,2,9-10,12H2,1H3,(H,24,29)(H,25,30)(H,27,32). The first-order valence-electron chi connectivity index (χ1n) is 9.77. The van der Waals surface area contributed by atoms with Crippen LogP contribution in [0, 0.1) is 16.4 Å². The number of ether oxygens (including phenoxy) is 1. The number of hydrogen-bond donors (Lipinski definition) is 3. The van der Waals surface area contributed by atoms with Crippen LogP contribution < -0.4 is 15.4 Å². The number of hydrogen-bond acceptors (Lipinski definition) is 5. The van der Waals surface area contributed by atoms with Gasteiger partial charge in [0.15, 0.2) is 22.2 Å². The van der Waals surface area contributed by atoms with E-state index in [2.05, 4.69) is 20.8 Å². The number of nitrogens with zero attached hydrogens (tertiary/aromatic N) is 2. The van der Waals surface area contributed by atoms with E-state index in [1.807, 2.05) is 31.2 Å². The SMILES string of the molecule is CCOc1ccc(-c2n[nH]c(=S)n2CCC(=O)NCC(=O)Nc2ccc(F)c(F)c2)cc1. The number of benzene rings is 2. The Bertz CT molecular complexity index is 1160. The zero-order valence-electron chi connectivity index (χ0n) is 17.2. The van der Waals surface area contributed by atoms with E-state index in [0.717, 1.165) is 23.4 Å². The molecule has 2 amide bonds. The predicted molar refractivity (Wildman–Crippen MR) is 117 cm³/mol. The molecule has 0 fully saturated rings. The summed E-state index contributed by atoms with van der Waals surface area (Å²) in [6, 6.07) is 10.3. The molecule has 3 rings (SSSR count). The Hall–Kier alpha value is -3.60. The van der Waals surface area contributed by atoms with Crippen LogP contribution in [0.25, 0.3) is 11.4 Å². The largest absolute Gasteiger partial charge is 0.494 e. The highest BCUT2D eigenvalue weighted by Gasteiger charge is 2.12. The summed E-state index contributed by atoms with van der Waals surface area (Å²) in [6.07, 6.45) is 0.0519. The quantitative estimate of drug-likeness (QED) is 0.424. The summed E-state index contributed by atoms with van der Waals surface area (Å²) >= 11 is 5.26. The van der Waals surface area contributed by atoms with E-state index in [-0.39, 0.29) is 31.1 Å². The van der Waals surface area contributed by atoms with Crippen molar-refractivity contribution in [1.29, 1.82) is 0 Å². The predicted octanol–water partition coefficient (Wildman–Crippen LogP) is 3.43. The lowest BCUT2D eigenvalue weighted by Gasteiger charge is -2.09. The molecule has 0 aliphatic carbocycles. The molecule has 0 bridgehead atoms. The van der Waals surface area contributed by atoms with E-state index in [4.69, 9.17) is 17.0 Å². The van der Waals surface area contributed by atoms with Crippen molar-refractivity contribution >= 4 is 29.7 Å². The summed E-state index contributed by atoms with van der Waals surface area (Å²) in [5.41, 5.74) is 0.889. The molecule has 3 aromatic rings. The maximum Gasteiger partial charge on any atom is 0.243 e. The van der Waals surface area contributed by atoms with Gasteiger partial charge in [-0.2, -0.15) is 5.10 Å². The lowest BCUT2D eigenvalue weighted by atomic mass is 10.2. The van der Waals surface area contributed by atoms with Crippen molar-refractivity contribution in [1.82, 2.24) is 20.1 Å². The molecule has 3 N–H and O–H groups in total. The number of anilines is 1. The molecule has 2 aromatic carbocycles. The summed E-state index contributed by atoms with van der Waals surface area (Å²) in [4.78, 5) is 24.1. The lowest BCUT2D eigenvalue weighted by molar-refractivity contribution is -0.124. The molecule has 0 aliphatic rings. The molecule has 11 heteroatoms. The minimum atomic E-state index is -1.08. The molecule has 0 aliphatic heterocycles. The smallest absolute Gasteiger partial charge is 0.243 e. The number of halogens is 2. The molecule has 1 heterocycles. The van der Waals surface area contributed by atoms with Crippen LogP contribution in [0.3, 0.4) is 0 Å². The molecule has 0 radical (unpaired) electrons. The summed E-state index contributed by atoms with van der Waals surface area (Å²) < 4.78 is 33.6. The third kappa shape index (κ3) is 5.97. The second kappa shape index (κ2) is 10.6. The average molecular weight is 461 g/mol. The molecule has 0 unspecified atom stereocenters. The van der Waals surface area contributed by atoms with Gasteiger partial charge >= 0.3 is 0 Å². The van der Waals surface area contributed by atoms with Crippen LogP contribution in [0.5, 0.6) is 5.75 Å². The highest BCUT2D eigenvalue weighted by atomic mass is 32.1. The van der Waals surface area contributed by atoms with Gasteiger partial charge in [0.1, 0.15) is 5.75 Å². The fourth-order valence-electron chi connectivity index (χ4n) is 2.87. The summed E-state index contributed by atoms with van der Waals surface area (Å²) in [7, 11) is 0. The number of H-pyrrole nitrogens is 1. The Morgan fingerprint density at radius 2 is 1.88 bits per heavy atom. The zero-order valence-corrected chi connectivity index (χ0v) is 18.0. The lowest BCUT2D eigenvalue weighted by Crippen LogP contribution is -2.33. The number of rotatable bonds is 9. The van der Waals surface area contributed by atoms with Crippen molar-refractivity contribution < 1.29 is 23.1 Å². The minimum absolute atomic E-state index is 0.0519. The normalized spacial score (nSPS) is 10.6. The Labute approximate surface area is 187 Å². The molecule has 168 valence electrons. The van der Waals surface area contributed by atoms with Crippen LogP contribution >= 0.6 is 12.2 Å². The Morgan fingerprint density at radius 3 is 2.56 bits per heavy atom. The first-order chi connectivity index (χ1) is 15.4. The van der Waals surface area contributed by atoms with Crippen LogP contribution in [0.4, 0.5) is 14.5 Å². The van der Waals surface area contributed by atoms with E-state index >= 15 is 0 Å². The fraction of sp³-hybridized carbons (Fsp3) is 0.238. The molecule has 0 saturated heterocycles. The average Bonchev–Trinajstić information content (AvgIpc) is 3.14. The van der Waals surface area contributed by atoms with Gasteiger partial charge in [0.2, 0.25) is 11.8 Å². The second-order valence-electron chi connectivity index (χ2n) is 6.67. The molecular weight excluding hydrogens is 440 g/mol. The van der Waals surface area contributed by atoms with Crippen LogP contribution in [0.15, 0.2) is 42.5 Å². The third-order valence-corrected chi connectivity index (χ3v) is 4.71. The van der Waals surface area contributed by atoms with Crippen molar-refractivity contribution in [3.05, 3.63) is 58.9 Å². The first kappa shape index (κ1) is 23.1. The molecule has 0 atom stereocenters. The van der Waals surface area contributed by atoms with Crippen molar-refractivity contribution in [2.75, 3.05) is 18.5 Å². The summed E-state index contributed by atoms with van der Waals surface area (Å²) in [5.74, 6) is -1.74. The van der Waals surface area contributed by atoms with Gasteiger partial charge in [-0.05, 0) is 55.5 Å². The van der Waals surface area contributed by atoms with Crippen LogP contribution in [0.1, 0.15) is 13.3 Å². The second-order valence-corrected chi connectivity index (χ2v) is 7.05. The maximum atomic E-state index is 13.2. The molecule has 32 heavy (non-hydrogen) atoms. The monoisotopic (exact) mass is 461 g/mol. The number of nitrogens with one attached hydrogen (secondary N) is 3. The van der Waals surface area contributed by atoms with Gasteiger partial charge in [0.25, 0.3) is 0 Å². The van der Waals surface area contributed by atoms with Crippen molar-refractivity contribution in [3.8, 4) is 17.1 Å². The minimum Gasteiger partial charge on any atom is -0.494 e. The highest BCUT2D eigenvalue weighted by molar-refractivity contribution is 7.71. The van der Waals surface area contributed by atoms with Gasteiger partial charge in [-0.1, -0.05) is 0 Å². The van der Waals surface area contributed by atoms with Crippen molar-refractivity contribution in [3.63, 3.8) is 0 Å². The van der Waals surface area contributed by atoms with Gasteiger partial charge in [0, 0.05) is 30.3 Å². The first-order valence-corrected chi connectivity index (χ1v) is 10.2. The number of aromatic amines is 1. The van der Waals surface area contributed by atoms with Gasteiger partial charge in [-0.15, -0.1) is 0 Å².